The summed E-state index contributed by atoms with van der Waals surface area (Å²) >= 11 is 0. The molecular weight excluding hydrogens is 130 g/mol. The van der Waals surface area contributed by atoms with Gasteiger partial charge in [-0.05, 0) is 25.0 Å². The van der Waals surface area contributed by atoms with Crippen LogP contribution >= 0.6 is 0 Å². The van der Waals surface area contributed by atoms with Gasteiger partial charge in [-0.3, -0.25) is 4.79 Å². The van der Waals surface area contributed by atoms with E-state index in [1.54, 1.807) is 6.08 Å². The highest BCUT2D eigenvalue weighted by molar-refractivity contribution is 5.87. The average Bonchev–Trinajstić information content (AvgIpc) is 1.87. The summed E-state index contributed by atoms with van der Waals surface area (Å²) in [6, 6.07) is 0. The van der Waals surface area contributed by atoms with E-state index in [0.29, 0.717) is 13.0 Å². The predicted octanol–water partition coefficient (Wildman–Crippen LogP) is 1.83. The smallest absolute Gasteiger partial charge is 0.152 e. The number of allylic oxidation sites excluding steroid dienone is 1. The van der Waals surface area contributed by atoms with Crippen molar-refractivity contribution in [2.75, 3.05) is 6.54 Å². The normalized spacial score (nSPS) is 9.30. The topological polar surface area (TPSA) is 65.8 Å². The van der Waals surface area contributed by atoms with Crippen molar-refractivity contribution in [1.29, 1.82) is 0 Å². The molecule has 0 aromatic rings. The van der Waals surface area contributed by atoms with Crippen LogP contribution in [0, 0.1) is 0 Å². The molecule has 0 atom stereocenters. The number of ketones is 1. The lowest BCUT2D eigenvalue weighted by Crippen LogP contribution is -1.80. The fourth-order valence-electron chi connectivity index (χ4n) is 0.426. The van der Waals surface area contributed by atoms with Gasteiger partial charge in [-0.25, -0.2) is 0 Å². The number of nitrogens with zero attached hydrogens (tertiary/aromatic N) is 3. The molecule has 10 heavy (non-hydrogen) atoms. The zero-order valence-corrected chi connectivity index (χ0v) is 5.82. The molecule has 0 aliphatic rings. The molecule has 54 valence electrons. The Labute approximate surface area is 59.2 Å². The van der Waals surface area contributed by atoms with Gasteiger partial charge in [0.25, 0.3) is 0 Å². The quantitative estimate of drug-likeness (QED) is 0.192. The van der Waals surface area contributed by atoms with Crippen molar-refractivity contribution in [3.05, 3.63) is 22.6 Å². The Hall–Kier alpha value is -1.28. The summed E-state index contributed by atoms with van der Waals surface area (Å²) in [5.41, 5.74) is 7.84. The van der Waals surface area contributed by atoms with Crippen LogP contribution in [0.1, 0.15) is 13.3 Å². The Balaban J connectivity index is 3.35. The maximum Gasteiger partial charge on any atom is 0.152 e. The van der Waals surface area contributed by atoms with Crippen molar-refractivity contribution in [2.45, 2.75) is 13.3 Å². The van der Waals surface area contributed by atoms with Crippen molar-refractivity contribution >= 4 is 5.78 Å². The van der Waals surface area contributed by atoms with E-state index in [2.05, 4.69) is 10.0 Å². The first-order valence-corrected chi connectivity index (χ1v) is 2.95. The molecule has 0 aromatic heterocycles. The summed E-state index contributed by atoms with van der Waals surface area (Å²) in [7, 11) is 0. The van der Waals surface area contributed by atoms with Gasteiger partial charge in [0.1, 0.15) is 0 Å². The van der Waals surface area contributed by atoms with Gasteiger partial charge in [-0.15, -0.1) is 0 Å². The van der Waals surface area contributed by atoms with Crippen LogP contribution in [0.3, 0.4) is 0 Å². The van der Waals surface area contributed by atoms with E-state index >= 15 is 0 Å². The van der Waals surface area contributed by atoms with Crippen LogP contribution in [-0.4, -0.2) is 12.3 Å². The van der Waals surface area contributed by atoms with Gasteiger partial charge in [0.05, 0.1) is 0 Å². The Morgan fingerprint density at radius 2 is 2.50 bits per heavy atom. The third-order valence-electron chi connectivity index (χ3n) is 0.812. The van der Waals surface area contributed by atoms with Gasteiger partial charge in [0.2, 0.25) is 0 Å². The number of carbonyl (C=O) groups excluding carboxylic acids is 1. The van der Waals surface area contributed by atoms with Crippen molar-refractivity contribution < 1.29 is 4.79 Å². The molecule has 0 aliphatic carbocycles. The van der Waals surface area contributed by atoms with E-state index in [-0.39, 0.29) is 5.78 Å². The third kappa shape index (κ3) is 6.72. The van der Waals surface area contributed by atoms with Crippen molar-refractivity contribution in [3.63, 3.8) is 0 Å². The maximum absolute atomic E-state index is 10.3. The lowest BCUT2D eigenvalue weighted by atomic mass is 10.3. The third-order valence-corrected chi connectivity index (χ3v) is 0.812. The fourth-order valence-corrected chi connectivity index (χ4v) is 0.426. The standard InChI is InChI=1S/C6H9N3O/c1-6(10)4-2-3-5-8-9-7/h2,4H,3,5H2,1H3. The van der Waals surface area contributed by atoms with E-state index in [9.17, 15) is 4.79 Å². The first kappa shape index (κ1) is 8.72. The molecule has 0 saturated carbocycles. The monoisotopic (exact) mass is 139 g/mol. The first-order chi connectivity index (χ1) is 4.77. The summed E-state index contributed by atoms with van der Waals surface area (Å²) in [6.07, 6.45) is 3.79. The fraction of sp³-hybridized carbons (Fsp3) is 0.500. The minimum absolute atomic E-state index is 0.0148. The Morgan fingerprint density at radius 3 is 3.00 bits per heavy atom. The molecule has 4 heteroatoms. The molecule has 0 bridgehead atoms. The minimum atomic E-state index is 0.0148. The van der Waals surface area contributed by atoms with Crippen molar-refractivity contribution in [1.82, 2.24) is 0 Å². The Morgan fingerprint density at radius 1 is 1.80 bits per heavy atom. The summed E-state index contributed by atoms with van der Waals surface area (Å²) in [4.78, 5) is 12.8. The van der Waals surface area contributed by atoms with E-state index in [1.807, 2.05) is 0 Å². The number of carbonyl (C=O) groups is 1. The van der Waals surface area contributed by atoms with Crippen LogP contribution in [0.5, 0.6) is 0 Å². The molecule has 0 aromatic carbocycles. The second-order valence-electron chi connectivity index (χ2n) is 1.76. The van der Waals surface area contributed by atoms with E-state index in [1.165, 1.54) is 13.0 Å². The predicted molar refractivity (Wildman–Crippen MR) is 38.5 cm³/mol. The number of azide groups is 1. The number of rotatable bonds is 4. The van der Waals surface area contributed by atoms with Crippen molar-refractivity contribution in [2.24, 2.45) is 5.11 Å². The number of hydrogen-bond donors (Lipinski definition) is 0. The highest BCUT2D eigenvalue weighted by atomic mass is 16.1. The summed E-state index contributed by atoms with van der Waals surface area (Å²) < 4.78 is 0. The second-order valence-corrected chi connectivity index (χ2v) is 1.76. The van der Waals surface area contributed by atoms with Gasteiger partial charge < -0.3 is 0 Å². The van der Waals surface area contributed by atoms with Gasteiger partial charge in [-0.1, -0.05) is 11.2 Å². The second kappa shape index (κ2) is 5.85. The van der Waals surface area contributed by atoms with E-state index in [0.717, 1.165) is 0 Å². The summed E-state index contributed by atoms with van der Waals surface area (Å²) in [5.74, 6) is 0.0148. The van der Waals surface area contributed by atoms with Crippen LogP contribution in [0.4, 0.5) is 0 Å². The van der Waals surface area contributed by atoms with Gasteiger partial charge in [0.15, 0.2) is 5.78 Å². The molecule has 0 spiro atoms. The van der Waals surface area contributed by atoms with Gasteiger partial charge in [0, 0.05) is 11.5 Å². The van der Waals surface area contributed by atoms with Crippen LogP contribution in [0.15, 0.2) is 17.3 Å². The van der Waals surface area contributed by atoms with Crippen LogP contribution in [0.25, 0.3) is 10.4 Å². The molecule has 0 amide bonds. The molecule has 0 aliphatic heterocycles. The van der Waals surface area contributed by atoms with Crippen LogP contribution < -0.4 is 0 Å². The Kier molecular flexibility index (Phi) is 5.10. The van der Waals surface area contributed by atoms with E-state index in [4.69, 9.17) is 5.53 Å². The molecule has 0 heterocycles. The molecule has 0 radical (unpaired) electrons. The molecule has 0 rings (SSSR count). The van der Waals surface area contributed by atoms with Gasteiger partial charge in [-0.2, -0.15) is 0 Å². The molecule has 0 N–H and O–H groups in total. The maximum atomic E-state index is 10.3. The van der Waals surface area contributed by atoms with Crippen molar-refractivity contribution in [3.8, 4) is 0 Å². The van der Waals surface area contributed by atoms with Crippen LogP contribution in [0.2, 0.25) is 0 Å². The molecular formula is C6H9N3O. The molecule has 0 unspecified atom stereocenters. The lowest BCUT2D eigenvalue weighted by Gasteiger charge is -1.81. The Bertz CT molecular complexity index is 179. The SMILES string of the molecule is CC(=O)C=CCCN=[N+]=[N-]. The zero-order valence-electron chi connectivity index (χ0n) is 5.82. The molecule has 0 saturated heterocycles. The molecule has 0 fully saturated rings. The zero-order chi connectivity index (χ0) is 7.82. The minimum Gasteiger partial charge on any atom is -0.295 e. The highest BCUT2D eigenvalue weighted by Crippen LogP contribution is 1.84. The van der Waals surface area contributed by atoms with Gasteiger partial charge >= 0.3 is 0 Å². The first-order valence-electron chi connectivity index (χ1n) is 2.95. The highest BCUT2D eigenvalue weighted by Gasteiger charge is 1.80. The largest absolute Gasteiger partial charge is 0.295 e. The average molecular weight is 139 g/mol. The van der Waals surface area contributed by atoms with Crippen LogP contribution in [-0.2, 0) is 4.79 Å². The lowest BCUT2D eigenvalue weighted by molar-refractivity contribution is -0.112. The van der Waals surface area contributed by atoms with E-state index < -0.39 is 0 Å². The summed E-state index contributed by atoms with van der Waals surface area (Å²) in [5, 5.41) is 3.29. The summed E-state index contributed by atoms with van der Waals surface area (Å²) in [6.45, 7) is 1.89. The number of hydrogen-bond acceptors (Lipinski definition) is 2. The molecule has 4 nitrogen and oxygen atoms in total.